The second kappa shape index (κ2) is 15.4. The van der Waals surface area contributed by atoms with E-state index in [0.29, 0.717) is 19.8 Å². The van der Waals surface area contributed by atoms with Crippen molar-refractivity contribution in [3.05, 3.63) is 192 Å². The smallest absolute Gasteiger partial charge is 0.119 e. The van der Waals surface area contributed by atoms with Crippen LogP contribution in [0.5, 0.6) is 17.2 Å². The molecule has 0 bridgehead atoms. The summed E-state index contributed by atoms with van der Waals surface area (Å²) in [5.74, 6) is 2.48. The summed E-state index contributed by atoms with van der Waals surface area (Å²) in [5.41, 5.74) is 6.37. The first-order valence-corrected chi connectivity index (χ1v) is 17.7. The molecule has 0 aliphatic heterocycles. The van der Waals surface area contributed by atoms with Gasteiger partial charge in [0.15, 0.2) is 0 Å². The molecule has 6 heteroatoms. The summed E-state index contributed by atoms with van der Waals surface area (Å²) in [5, 5.41) is 0. The van der Waals surface area contributed by atoms with Gasteiger partial charge in [-0.05, 0) is 113 Å². The lowest BCUT2D eigenvalue weighted by molar-refractivity contribution is 0.306. The van der Waals surface area contributed by atoms with Gasteiger partial charge >= 0.3 is 0 Å². The Kier molecular flexibility index (Phi) is 10.8. The van der Waals surface area contributed by atoms with Crippen LogP contribution in [0.2, 0.25) is 0 Å². The molecule has 236 valence electrons. The molecule has 6 aromatic carbocycles. The number of rotatable bonds is 12. The highest BCUT2D eigenvalue weighted by Crippen LogP contribution is 2.40. The first-order chi connectivity index (χ1) is 22.8. The van der Waals surface area contributed by atoms with Gasteiger partial charge in [0, 0.05) is 18.8 Å². The zero-order chi connectivity index (χ0) is 32.6. The first-order valence-electron chi connectivity index (χ1n) is 15.3. The van der Waals surface area contributed by atoms with E-state index in [1.165, 1.54) is 0 Å². The van der Waals surface area contributed by atoms with Gasteiger partial charge in [-0.25, -0.2) is 0 Å². The third-order valence-corrected chi connectivity index (χ3v) is 9.84. The van der Waals surface area contributed by atoms with Crippen molar-refractivity contribution in [2.75, 3.05) is 0 Å². The third kappa shape index (κ3) is 8.55. The van der Waals surface area contributed by atoms with Crippen molar-refractivity contribution in [3.8, 4) is 17.2 Å². The highest BCUT2D eigenvalue weighted by Gasteiger charge is 2.31. The summed E-state index contributed by atoms with van der Waals surface area (Å²) in [7, 11) is 0. The van der Waals surface area contributed by atoms with Crippen LogP contribution in [-0.2, 0) is 25.2 Å². The molecule has 6 aromatic rings. The molecule has 0 aliphatic carbocycles. The van der Waals surface area contributed by atoms with Crippen LogP contribution in [-0.4, -0.2) is 0 Å². The minimum absolute atomic E-state index is 0.446. The first kappa shape index (κ1) is 33.1. The molecule has 47 heavy (non-hydrogen) atoms. The van der Waals surface area contributed by atoms with Crippen molar-refractivity contribution < 1.29 is 14.2 Å². The topological polar surface area (TPSA) is 27.7 Å². The van der Waals surface area contributed by atoms with Crippen LogP contribution in [0, 0.1) is 0 Å². The van der Waals surface area contributed by atoms with Crippen LogP contribution in [0.25, 0.3) is 0 Å². The van der Waals surface area contributed by atoms with Crippen molar-refractivity contribution in [2.24, 2.45) is 0 Å². The number of ether oxygens (including phenoxy) is 3. The molecule has 0 saturated carbocycles. The van der Waals surface area contributed by atoms with Gasteiger partial charge in [0.05, 0.1) is 0 Å². The maximum Gasteiger partial charge on any atom is 0.119 e. The highest BCUT2D eigenvalue weighted by atomic mass is 79.9. The van der Waals surface area contributed by atoms with Gasteiger partial charge in [0.1, 0.15) is 37.1 Å². The van der Waals surface area contributed by atoms with E-state index >= 15 is 0 Å². The predicted octanol–water partition coefficient (Wildman–Crippen LogP) is 12.1. The quantitative estimate of drug-likeness (QED) is 0.115. The van der Waals surface area contributed by atoms with Crippen molar-refractivity contribution in [1.29, 1.82) is 0 Å². The Morgan fingerprint density at radius 3 is 0.830 bits per heavy atom. The molecule has 0 N–H and O–H groups in total. The van der Waals surface area contributed by atoms with Crippen LogP contribution in [0.15, 0.2) is 159 Å². The molecule has 0 fully saturated rings. The van der Waals surface area contributed by atoms with Gasteiger partial charge in [-0.3, -0.25) is 0 Å². The van der Waals surface area contributed by atoms with Crippen molar-refractivity contribution in [3.63, 3.8) is 0 Å². The molecule has 6 rings (SSSR count). The normalized spacial score (nSPS) is 11.2. The van der Waals surface area contributed by atoms with Crippen molar-refractivity contribution in [2.45, 2.75) is 32.2 Å². The third-order valence-electron chi connectivity index (χ3n) is 8.25. The number of benzene rings is 6. The van der Waals surface area contributed by atoms with E-state index in [0.717, 1.165) is 64.0 Å². The molecular weight excluding hydrogens is 780 g/mol. The second-order valence-electron chi connectivity index (χ2n) is 11.4. The molecule has 0 saturated heterocycles. The van der Waals surface area contributed by atoms with E-state index in [2.05, 4.69) is 164 Å². The molecule has 0 heterocycles. The van der Waals surface area contributed by atoms with Crippen LogP contribution < -0.4 is 14.2 Å². The van der Waals surface area contributed by atoms with E-state index in [1.807, 2.05) is 36.4 Å². The molecule has 3 nitrogen and oxygen atoms in total. The fourth-order valence-corrected chi connectivity index (χ4v) is 6.19. The Balaban J connectivity index is 1.23. The van der Waals surface area contributed by atoms with Crippen LogP contribution in [0.1, 0.15) is 40.3 Å². The van der Waals surface area contributed by atoms with Crippen molar-refractivity contribution in [1.82, 2.24) is 0 Å². The minimum atomic E-state index is -0.446. The van der Waals surface area contributed by atoms with Crippen LogP contribution in [0.3, 0.4) is 0 Å². The van der Waals surface area contributed by atoms with Gasteiger partial charge in [0.2, 0.25) is 0 Å². The Hall–Kier alpha value is -3.84. The Labute approximate surface area is 301 Å². The maximum atomic E-state index is 6.13. The average molecular weight is 813 g/mol. The summed E-state index contributed by atoms with van der Waals surface area (Å²) in [6, 6.07) is 49.8. The molecule has 0 aromatic heterocycles. The van der Waals surface area contributed by atoms with Crippen LogP contribution >= 0.6 is 47.8 Å². The standard InChI is InChI=1S/C41H33Br3O3/c1-41(32-8-20-38(21-9-32)45-26-29-2-14-35(42)15-3-29,33-10-22-39(23-11-33)46-27-30-4-16-36(43)17-5-30)34-12-24-40(25-13-34)47-28-31-6-18-37(44)19-7-31/h2-25H,26-28H2,1H3. The number of hydrogen-bond acceptors (Lipinski definition) is 3. The maximum absolute atomic E-state index is 6.13. The largest absolute Gasteiger partial charge is 0.489 e. The summed E-state index contributed by atoms with van der Waals surface area (Å²) in [6.45, 7) is 3.79. The SMILES string of the molecule is CC(c1ccc(OCc2ccc(Br)cc2)cc1)(c1ccc(OCc2ccc(Br)cc2)cc1)c1ccc(OCc2ccc(Br)cc2)cc1. The lowest BCUT2D eigenvalue weighted by atomic mass is 9.71. The van der Waals surface area contributed by atoms with E-state index in [9.17, 15) is 0 Å². The molecule has 0 aliphatic rings. The minimum Gasteiger partial charge on any atom is -0.489 e. The molecule has 0 spiro atoms. The van der Waals surface area contributed by atoms with Crippen LogP contribution in [0.4, 0.5) is 0 Å². The lowest BCUT2D eigenvalue weighted by Crippen LogP contribution is -2.25. The lowest BCUT2D eigenvalue weighted by Gasteiger charge is -2.32. The van der Waals surface area contributed by atoms with Gasteiger partial charge in [0.25, 0.3) is 0 Å². The van der Waals surface area contributed by atoms with E-state index in [1.54, 1.807) is 0 Å². The molecule has 0 unspecified atom stereocenters. The number of halogens is 3. The Bertz CT molecular complexity index is 1640. The monoisotopic (exact) mass is 810 g/mol. The summed E-state index contributed by atoms with van der Waals surface area (Å²) < 4.78 is 21.5. The fourth-order valence-electron chi connectivity index (χ4n) is 5.40. The molecular formula is C41H33Br3O3. The zero-order valence-corrected chi connectivity index (χ0v) is 30.6. The van der Waals surface area contributed by atoms with Gasteiger partial charge in [-0.1, -0.05) is 121 Å². The van der Waals surface area contributed by atoms with Gasteiger partial charge in [-0.2, -0.15) is 0 Å². The van der Waals surface area contributed by atoms with Crippen molar-refractivity contribution >= 4 is 47.8 Å². The van der Waals surface area contributed by atoms with E-state index in [4.69, 9.17) is 14.2 Å². The van der Waals surface area contributed by atoms with Gasteiger partial charge in [-0.15, -0.1) is 0 Å². The predicted molar refractivity (Wildman–Crippen MR) is 200 cm³/mol. The zero-order valence-electron chi connectivity index (χ0n) is 25.8. The Morgan fingerprint density at radius 2 is 0.596 bits per heavy atom. The Morgan fingerprint density at radius 1 is 0.362 bits per heavy atom. The van der Waals surface area contributed by atoms with Gasteiger partial charge < -0.3 is 14.2 Å². The summed E-state index contributed by atoms with van der Waals surface area (Å²) in [6.07, 6.45) is 0. The fraction of sp³-hybridized carbons (Fsp3) is 0.122. The highest BCUT2D eigenvalue weighted by molar-refractivity contribution is 9.11. The molecule has 0 amide bonds. The van der Waals surface area contributed by atoms with E-state index in [-0.39, 0.29) is 0 Å². The second-order valence-corrected chi connectivity index (χ2v) is 14.2. The molecule has 0 radical (unpaired) electrons. The van der Waals surface area contributed by atoms with E-state index < -0.39 is 5.41 Å². The number of hydrogen-bond donors (Lipinski definition) is 0. The summed E-state index contributed by atoms with van der Waals surface area (Å²) >= 11 is 10.5. The molecule has 0 atom stereocenters. The average Bonchev–Trinajstić information content (AvgIpc) is 3.11. The summed E-state index contributed by atoms with van der Waals surface area (Å²) in [4.78, 5) is 0.